The number of methoxy groups -OCH3 is 1. The third-order valence-corrected chi connectivity index (χ3v) is 2.51. The van der Waals surface area contributed by atoms with Gasteiger partial charge >= 0.3 is 0 Å². The summed E-state index contributed by atoms with van der Waals surface area (Å²) in [7, 11) is 3.18. The van der Waals surface area contributed by atoms with Crippen LogP contribution in [0.1, 0.15) is 16.9 Å². The Hall–Kier alpha value is -2.07. The molecule has 0 fully saturated rings. The van der Waals surface area contributed by atoms with Crippen LogP contribution >= 0.6 is 0 Å². The number of ether oxygens (including phenoxy) is 1. The largest absolute Gasteiger partial charge is 0.463 e. The van der Waals surface area contributed by atoms with Crippen molar-refractivity contribution in [3.8, 4) is 0 Å². The molecule has 0 aliphatic heterocycles. The van der Waals surface area contributed by atoms with Crippen LogP contribution in [-0.2, 0) is 16.2 Å². The van der Waals surface area contributed by atoms with E-state index in [4.69, 9.17) is 14.0 Å². The average molecular weight is 245 g/mol. The molecule has 0 aliphatic rings. The van der Waals surface area contributed by atoms with Gasteiger partial charge in [-0.25, -0.2) is 0 Å². The molecule has 94 valence electrons. The average Bonchev–Trinajstić information content (AvgIpc) is 2.91. The molecule has 0 aliphatic carbocycles. The van der Waals surface area contributed by atoms with Crippen LogP contribution in [-0.4, -0.2) is 19.9 Å². The van der Waals surface area contributed by atoms with E-state index in [0.29, 0.717) is 18.1 Å². The van der Waals surface area contributed by atoms with E-state index in [1.165, 1.54) is 7.11 Å². The minimum atomic E-state index is 0.514. The topological polar surface area (TPSA) is 44.0 Å². The van der Waals surface area contributed by atoms with Crippen LogP contribution in [0, 0.1) is 0 Å². The number of rotatable bonds is 5. The van der Waals surface area contributed by atoms with E-state index < -0.39 is 0 Å². The number of oxime groups is 1. The molecule has 0 saturated heterocycles. The van der Waals surface area contributed by atoms with Gasteiger partial charge in [-0.15, -0.1) is 0 Å². The minimum Gasteiger partial charge on any atom is -0.463 e. The Labute approximate surface area is 106 Å². The van der Waals surface area contributed by atoms with Gasteiger partial charge in [0.15, 0.2) is 11.5 Å². The van der Waals surface area contributed by atoms with Crippen LogP contribution in [0.4, 0.5) is 0 Å². The summed E-state index contributed by atoms with van der Waals surface area (Å²) in [5, 5.41) is 4.05. The van der Waals surface area contributed by atoms with E-state index in [0.717, 1.165) is 11.1 Å². The lowest BCUT2D eigenvalue weighted by Gasteiger charge is -2.09. The monoisotopic (exact) mass is 245 g/mol. The van der Waals surface area contributed by atoms with Gasteiger partial charge < -0.3 is 14.0 Å². The van der Waals surface area contributed by atoms with Gasteiger partial charge in [0.2, 0.25) is 0 Å². The first-order valence-electron chi connectivity index (χ1n) is 5.59. The zero-order valence-corrected chi connectivity index (χ0v) is 10.4. The highest BCUT2D eigenvalue weighted by Gasteiger charge is 2.14. The Morgan fingerprint density at radius 3 is 2.67 bits per heavy atom. The van der Waals surface area contributed by atoms with Crippen molar-refractivity contribution in [3.63, 3.8) is 0 Å². The Kier molecular flexibility index (Phi) is 4.15. The van der Waals surface area contributed by atoms with Crippen LogP contribution in [0.15, 0.2) is 52.2 Å². The first-order valence-corrected chi connectivity index (χ1v) is 5.59. The maximum absolute atomic E-state index is 5.38. The predicted molar refractivity (Wildman–Crippen MR) is 68.5 cm³/mol. The number of nitrogens with zero attached hydrogens (tertiary/aromatic N) is 1. The summed E-state index contributed by atoms with van der Waals surface area (Å²) < 4.78 is 10.6. The van der Waals surface area contributed by atoms with Gasteiger partial charge in [-0.05, 0) is 17.7 Å². The molecule has 0 N–H and O–H groups in total. The lowest BCUT2D eigenvalue weighted by atomic mass is 10.0. The van der Waals surface area contributed by atoms with Crippen molar-refractivity contribution in [3.05, 3.63) is 59.5 Å². The van der Waals surface area contributed by atoms with E-state index >= 15 is 0 Å². The zero-order valence-electron chi connectivity index (χ0n) is 10.4. The van der Waals surface area contributed by atoms with Crippen LogP contribution in [0.2, 0.25) is 0 Å². The molecule has 1 heterocycles. The molecule has 18 heavy (non-hydrogen) atoms. The second-order valence-corrected chi connectivity index (χ2v) is 3.69. The van der Waals surface area contributed by atoms with E-state index in [-0.39, 0.29) is 0 Å². The number of hydrogen-bond acceptors (Lipinski definition) is 4. The molecule has 2 rings (SSSR count). The van der Waals surface area contributed by atoms with E-state index in [9.17, 15) is 0 Å². The van der Waals surface area contributed by atoms with E-state index in [1.54, 1.807) is 13.4 Å². The molecule has 0 saturated carbocycles. The number of benzene rings is 1. The van der Waals surface area contributed by atoms with E-state index in [1.807, 2.05) is 36.4 Å². The number of hydrogen-bond donors (Lipinski definition) is 0. The van der Waals surface area contributed by atoms with Gasteiger partial charge in [-0.3, -0.25) is 0 Å². The van der Waals surface area contributed by atoms with Crippen molar-refractivity contribution in [2.24, 2.45) is 5.16 Å². The Bertz CT molecular complexity index is 518. The molecule has 0 bridgehead atoms. The summed E-state index contributed by atoms with van der Waals surface area (Å²) >= 11 is 0. The molecule has 2 aromatic rings. The van der Waals surface area contributed by atoms with Gasteiger partial charge in [0, 0.05) is 12.7 Å². The normalized spacial score (nSPS) is 11.6. The second-order valence-electron chi connectivity index (χ2n) is 3.69. The lowest BCUT2D eigenvalue weighted by Crippen LogP contribution is -2.07. The molecule has 0 unspecified atom stereocenters. The fourth-order valence-electron chi connectivity index (χ4n) is 1.76. The molecular weight excluding hydrogens is 230 g/mol. The summed E-state index contributed by atoms with van der Waals surface area (Å²) in [5.74, 6) is 0.667. The van der Waals surface area contributed by atoms with Gasteiger partial charge in [-0.1, -0.05) is 29.4 Å². The van der Waals surface area contributed by atoms with Crippen molar-refractivity contribution in [1.82, 2.24) is 0 Å². The summed E-state index contributed by atoms with van der Waals surface area (Å²) in [6, 6.07) is 11.5. The first kappa shape index (κ1) is 12.4. The number of furan rings is 1. The third-order valence-electron chi connectivity index (χ3n) is 2.51. The molecule has 4 heteroatoms. The summed E-state index contributed by atoms with van der Waals surface area (Å²) in [6.07, 6.45) is 1.61. The molecule has 0 radical (unpaired) electrons. The van der Waals surface area contributed by atoms with Gasteiger partial charge in [0.1, 0.15) is 7.11 Å². The zero-order chi connectivity index (χ0) is 12.8. The SMILES string of the molecule is COCc1ccccc1/C(=N\OC)c1ccco1. The van der Waals surface area contributed by atoms with Crippen molar-refractivity contribution in [2.75, 3.05) is 14.2 Å². The Balaban J connectivity index is 2.47. The molecular formula is C14H15NO3. The maximum atomic E-state index is 5.38. The van der Waals surface area contributed by atoms with E-state index in [2.05, 4.69) is 5.16 Å². The van der Waals surface area contributed by atoms with Crippen molar-refractivity contribution >= 4 is 5.71 Å². The van der Waals surface area contributed by atoms with Crippen LogP contribution < -0.4 is 0 Å². The third kappa shape index (κ3) is 2.60. The molecule has 0 amide bonds. The predicted octanol–water partition coefficient (Wildman–Crippen LogP) is 2.82. The standard InChI is InChI=1S/C14H15NO3/c1-16-10-11-6-3-4-7-12(11)14(15-17-2)13-8-5-9-18-13/h3-9H,10H2,1-2H3/b15-14+. The van der Waals surface area contributed by atoms with Gasteiger partial charge in [-0.2, -0.15) is 0 Å². The molecule has 1 aromatic heterocycles. The minimum absolute atomic E-state index is 0.514. The summed E-state index contributed by atoms with van der Waals surface area (Å²) in [4.78, 5) is 4.90. The van der Waals surface area contributed by atoms with Crippen LogP contribution in [0.3, 0.4) is 0 Å². The smallest absolute Gasteiger partial charge is 0.156 e. The fraction of sp³-hybridized carbons (Fsp3) is 0.214. The highest BCUT2D eigenvalue weighted by Crippen LogP contribution is 2.17. The quantitative estimate of drug-likeness (QED) is 0.601. The fourth-order valence-corrected chi connectivity index (χ4v) is 1.76. The summed E-state index contributed by atoms with van der Waals surface area (Å²) in [6.45, 7) is 0.514. The highest BCUT2D eigenvalue weighted by atomic mass is 16.6. The molecule has 0 atom stereocenters. The van der Waals surface area contributed by atoms with Crippen molar-refractivity contribution in [2.45, 2.75) is 6.61 Å². The highest BCUT2D eigenvalue weighted by molar-refractivity contribution is 6.11. The molecule has 4 nitrogen and oxygen atoms in total. The Morgan fingerprint density at radius 1 is 1.17 bits per heavy atom. The van der Waals surface area contributed by atoms with Crippen LogP contribution in [0.5, 0.6) is 0 Å². The Morgan fingerprint density at radius 2 is 2.00 bits per heavy atom. The van der Waals surface area contributed by atoms with Crippen molar-refractivity contribution < 1.29 is 14.0 Å². The van der Waals surface area contributed by atoms with Gasteiger partial charge in [0.25, 0.3) is 0 Å². The second kappa shape index (κ2) is 6.02. The first-order chi connectivity index (χ1) is 8.86. The molecule has 1 aromatic carbocycles. The molecule has 0 spiro atoms. The van der Waals surface area contributed by atoms with Crippen LogP contribution in [0.25, 0.3) is 0 Å². The lowest BCUT2D eigenvalue weighted by molar-refractivity contribution is 0.184. The summed E-state index contributed by atoms with van der Waals surface area (Å²) in [5.41, 5.74) is 2.64. The maximum Gasteiger partial charge on any atom is 0.156 e. The van der Waals surface area contributed by atoms with Gasteiger partial charge in [0.05, 0.1) is 12.9 Å². The van der Waals surface area contributed by atoms with Crippen molar-refractivity contribution in [1.29, 1.82) is 0 Å².